The van der Waals surface area contributed by atoms with Gasteiger partial charge < -0.3 is 10.2 Å². The summed E-state index contributed by atoms with van der Waals surface area (Å²) in [7, 11) is 0. The van der Waals surface area contributed by atoms with Crippen LogP contribution in [0.3, 0.4) is 0 Å². The molecule has 0 saturated heterocycles. The Balaban J connectivity index is 2.34. The van der Waals surface area contributed by atoms with Gasteiger partial charge in [0.1, 0.15) is 0 Å². The molecular formula is C9H14O3. The van der Waals surface area contributed by atoms with Crippen molar-refractivity contribution >= 4 is 5.97 Å². The number of aliphatic hydroxyl groups excluding tert-OH is 1. The molecule has 2 N–H and O–H groups in total. The van der Waals surface area contributed by atoms with Crippen LogP contribution in [0.4, 0.5) is 0 Å². The summed E-state index contributed by atoms with van der Waals surface area (Å²) in [5, 5.41) is 17.7. The van der Waals surface area contributed by atoms with Crippen LogP contribution in [0.5, 0.6) is 0 Å². The van der Waals surface area contributed by atoms with Gasteiger partial charge in [-0.15, -0.1) is 0 Å². The van der Waals surface area contributed by atoms with Crippen molar-refractivity contribution in [3.05, 3.63) is 12.2 Å². The lowest BCUT2D eigenvalue weighted by Crippen LogP contribution is -2.39. The summed E-state index contributed by atoms with van der Waals surface area (Å²) in [4.78, 5) is 10.4. The first-order chi connectivity index (χ1) is 5.52. The molecule has 0 bridgehead atoms. The molecule has 3 unspecified atom stereocenters. The first-order valence-electron chi connectivity index (χ1n) is 4.11. The fraction of sp³-hybridized carbons (Fsp3) is 0.667. The van der Waals surface area contributed by atoms with Gasteiger partial charge in [-0.2, -0.15) is 0 Å². The van der Waals surface area contributed by atoms with Gasteiger partial charge in [-0.1, -0.05) is 13.5 Å². The van der Waals surface area contributed by atoms with Crippen LogP contribution in [-0.2, 0) is 4.79 Å². The van der Waals surface area contributed by atoms with Gasteiger partial charge in [-0.05, 0) is 24.7 Å². The Kier molecular flexibility index (Phi) is 2.52. The zero-order valence-corrected chi connectivity index (χ0v) is 7.16. The zero-order valence-electron chi connectivity index (χ0n) is 7.16. The molecule has 0 spiro atoms. The van der Waals surface area contributed by atoms with E-state index in [4.69, 9.17) is 10.2 Å². The molecule has 1 aliphatic carbocycles. The van der Waals surface area contributed by atoms with Crippen LogP contribution in [0.1, 0.15) is 19.8 Å². The van der Waals surface area contributed by atoms with Crippen LogP contribution < -0.4 is 0 Å². The normalized spacial score (nSPS) is 34.0. The molecule has 1 saturated carbocycles. The van der Waals surface area contributed by atoms with Gasteiger partial charge in [-0.3, -0.25) is 0 Å². The molecule has 12 heavy (non-hydrogen) atoms. The summed E-state index contributed by atoms with van der Waals surface area (Å²) in [6.45, 7) is 5.39. The molecule has 3 heteroatoms. The fourth-order valence-corrected chi connectivity index (χ4v) is 1.53. The summed E-state index contributed by atoms with van der Waals surface area (Å²) in [6.07, 6.45) is 0.984. The van der Waals surface area contributed by atoms with Crippen molar-refractivity contribution in [2.75, 3.05) is 0 Å². The van der Waals surface area contributed by atoms with Crippen LogP contribution in [0, 0.1) is 11.8 Å². The summed E-state index contributed by atoms with van der Waals surface area (Å²) in [5.74, 6) is -0.395. The van der Waals surface area contributed by atoms with Gasteiger partial charge in [0.2, 0.25) is 0 Å². The predicted molar refractivity (Wildman–Crippen MR) is 44.7 cm³/mol. The third-order valence-corrected chi connectivity index (χ3v) is 2.71. The van der Waals surface area contributed by atoms with Gasteiger partial charge in [0.25, 0.3) is 0 Å². The number of carbonyl (C=O) groups is 1. The van der Waals surface area contributed by atoms with Gasteiger partial charge in [0, 0.05) is 5.57 Å². The maximum atomic E-state index is 10.4. The van der Waals surface area contributed by atoms with E-state index in [-0.39, 0.29) is 17.6 Å². The minimum Gasteiger partial charge on any atom is -0.478 e. The van der Waals surface area contributed by atoms with Crippen LogP contribution >= 0.6 is 0 Å². The highest BCUT2D eigenvalue weighted by atomic mass is 16.4. The molecule has 68 valence electrons. The highest BCUT2D eigenvalue weighted by molar-refractivity contribution is 5.85. The molecule has 1 fully saturated rings. The molecular weight excluding hydrogens is 156 g/mol. The third kappa shape index (κ3) is 1.67. The van der Waals surface area contributed by atoms with E-state index in [1.165, 1.54) is 0 Å². The number of aliphatic hydroxyl groups is 1. The summed E-state index contributed by atoms with van der Waals surface area (Å²) >= 11 is 0. The predicted octanol–water partition coefficient (Wildman–Crippen LogP) is 1.03. The standard InChI is InChI=1S/C9H14O3/c1-5(9(11)12)3-7-4-8(10)6(7)2/h6-8,10H,1,3-4H2,2H3,(H,11,12). The van der Waals surface area contributed by atoms with Crippen molar-refractivity contribution in [1.82, 2.24) is 0 Å². The number of hydrogen-bond donors (Lipinski definition) is 2. The minimum atomic E-state index is -0.927. The highest BCUT2D eigenvalue weighted by Gasteiger charge is 2.36. The molecule has 0 radical (unpaired) electrons. The highest BCUT2D eigenvalue weighted by Crippen LogP contribution is 2.38. The zero-order chi connectivity index (χ0) is 9.30. The Hall–Kier alpha value is -0.830. The number of hydrogen-bond acceptors (Lipinski definition) is 2. The Bertz CT molecular complexity index is 210. The van der Waals surface area contributed by atoms with Gasteiger partial charge in [0.15, 0.2) is 0 Å². The second kappa shape index (κ2) is 3.27. The summed E-state index contributed by atoms with van der Waals surface area (Å²) < 4.78 is 0. The number of carboxylic acid groups (broad SMARTS) is 1. The van der Waals surface area contributed by atoms with Crippen LogP contribution in [0.15, 0.2) is 12.2 Å². The molecule has 1 aliphatic rings. The smallest absolute Gasteiger partial charge is 0.330 e. The van der Waals surface area contributed by atoms with E-state index in [2.05, 4.69) is 6.58 Å². The molecule has 0 amide bonds. The average Bonchev–Trinajstić information content (AvgIpc) is 2.03. The van der Waals surface area contributed by atoms with Gasteiger partial charge >= 0.3 is 5.97 Å². The van der Waals surface area contributed by atoms with Gasteiger partial charge in [0.05, 0.1) is 6.10 Å². The van der Waals surface area contributed by atoms with Crippen molar-refractivity contribution in [2.45, 2.75) is 25.9 Å². The monoisotopic (exact) mass is 170 g/mol. The first kappa shape index (κ1) is 9.26. The average molecular weight is 170 g/mol. The third-order valence-electron chi connectivity index (χ3n) is 2.71. The fourth-order valence-electron chi connectivity index (χ4n) is 1.53. The van der Waals surface area contributed by atoms with E-state index in [1.807, 2.05) is 6.92 Å². The summed E-state index contributed by atoms with van der Waals surface area (Å²) in [5.41, 5.74) is 0.249. The molecule has 0 heterocycles. The Labute approximate surface area is 71.7 Å². The topological polar surface area (TPSA) is 57.5 Å². The van der Waals surface area contributed by atoms with E-state index in [0.29, 0.717) is 18.8 Å². The van der Waals surface area contributed by atoms with Crippen LogP contribution in [-0.4, -0.2) is 22.3 Å². The maximum absolute atomic E-state index is 10.4. The van der Waals surface area contributed by atoms with Crippen molar-refractivity contribution in [2.24, 2.45) is 11.8 Å². The lowest BCUT2D eigenvalue weighted by molar-refractivity contribution is -0.133. The van der Waals surface area contributed by atoms with E-state index in [0.717, 1.165) is 0 Å². The van der Waals surface area contributed by atoms with Crippen molar-refractivity contribution < 1.29 is 15.0 Å². The lowest BCUT2D eigenvalue weighted by atomic mass is 9.69. The largest absolute Gasteiger partial charge is 0.478 e. The van der Waals surface area contributed by atoms with E-state index in [1.54, 1.807) is 0 Å². The van der Waals surface area contributed by atoms with Crippen LogP contribution in [0.2, 0.25) is 0 Å². The first-order valence-corrected chi connectivity index (χ1v) is 4.11. The van der Waals surface area contributed by atoms with Crippen molar-refractivity contribution in [3.63, 3.8) is 0 Å². The molecule has 0 aromatic carbocycles. The van der Waals surface area contributed by atoms with E-state index < -0.39 is 5.97 Å². The molecule has 1 rings (SSSR count). The van der Waals surface area contributed by atoms with E-state index in [9.17, 15) is 4.79 Å². The lowest BCUT2D eigenvalue weighted by Gasteiger charge is -2.39. The second-order valence-corrected chi connectivity index (χ2v) is 3.54. The minimum absolute atomic E-state index is 0.223. The number of carboxylic acids is 1. The molecule has 0 aromatic heterocycles. The van der Waals surface area contributed by atoms with Gasteiger partial charge in [-0.25, -0.2) is 4.79 Å². The quantitative estimate of drug-likeness (QED) is 0.622. The van der Waals surface area contributed by atoms with Crippen LogP contribution in [0.25, 0.3) is 0 Å². The molecule has 0 aromatic rings. The molecule has 3 nitrogen and oxygen atoms in total. The van der Waals surface area contributed by atoms with Crippen molar-refractivity contribution in [1.29, 1.82) is 0 Å². The number of rotatable bonds is 3. The maximum Gasteiger partial charge on any atom is 0.330 e. The Morgan fingerprint density at radius 2 is 2.25 bits per heavy atom. The SMILES string of the molecule is C=C(CC1CC(O)C1C)C(=O)O. The van der Waals surface area contributed by atoms with Crippen molar-refractivity contribution in [3.8, 4) is 0 Å². The van der Waals surface area contributed by atoms with E-state index >= 15 is 0 Å². The second-order valence-electron chi connectivity index (χ2n) is 3.54. The Morgan fingerprint density at radius 1 is 1.67 bits per heavy atom. The summed E-state index contributed by atoms with van der Waals surface area (Å²) in [6, 6.07) is 0. The molecule has 0 aliphatic heterocycles. The molecule has 3 atom stereocenters. The number of aliphatic carboxylic acids is 1. The Morgan fingerprint density at radius 3 is 2.58 bits per heavy atom.